The topological polar surface area (TPSA) is 131 Å². The number of nitrogens with zero attached hydrogens (tertiary/aromatic N) is 4. The first kappa shape index (κ1) is 30.1. The third-order valence-electron chi connectivity index (χ3n) is 6.66. The van der Waals surface area contributed by atoms with Crippen LogP contribution in [0.1, 0.15) is 35.0 Å². The lowest BCUT2D eigenvalue weighted by Crippen LogP contribution is -2.43. The molecule has 0 aliphatic heterocycles. The molecule has 3 N–H and O–H groups in total. The van der Waals surface area contributed by atoms with Crippen molar-refractivity contribution >= 4 is 23.2 Å². The third-order valence-corrected chi connectivity index (χ3v) is 6.66. The van der Waals surface area contributed by atoms with E-state index in [1.165, 1.54) is 43.0 Å². The summed E-state index contributed by atoms with van der Waals surface area (Å²) in [4.78, 5) is 41.9. The van der Waals surface area contributed by atoms with Crippen LogP contribution in [-0.2, 0) is 18.3 Å². The van der Waals surface area contributed by atoms with Gasteiger partial charge in [-0.2, -0.15) is 18.3 Å². The molecular formula is C27H25F5N6O4. The number of carbonyl (C=O) groups is 2. The van der Waals surface area contributed by atoms with Gasteiger partial charge < -0.3 is 20.1 Å². The smallest absolute Gasteiger partial charge is 0.408 e. The minimum atomic E-state index is -4.68. The number of carbonyl (C=O) groups excluding carboxylic acids is 1. The van der Waals surface area contributed by atoms with E-state index in [0.717, 1.165) is 4.68 Å². The lowest BCUT2D eigenvalue weighted by molar-refractivity contribution is -0.143. The molecule has 1 amide bonds. The number of aliphatic carboxylic acids is 1. The van der Waals surface area contributed by atoms with Crippen LogP contribution in [0.25, 0.3) is 16.8 Å². The molecule has 0 saturated carbocycles. The van der Waals surface area contributed by atoms with E-state index >= 15 is 0 Å². The van der Waals surface area contributed by atoms with Gasteiger partial charge in [-0.3, -0.25) is 9.59 Å². The van der Waals surface area contributed by atoms with Gasteiger partial charge in [0.05, 0.1) is 11.8 Å². The van der Waals surface area contributed by atoms with Crippen molar-refractivity contribution in [2.24, 2.45) is 7.05 Å². The van der Waals surface area contributed by atoms with E-state index in [0.29, 0.717) is 40.2 Å². The number of benzene rings is 1. The molecule has 4 aromatic rings. The zero-order valence-corrected chi connectivity index (χ0v) is 22.5. The van der Waals surface area contributed by atoms with Crippen molar-refractivity contribution in [2.75, 3.05) is 5.32 Å². The van der Waals surface area contributed by atoms with Crippen LogP contribution in [-0.4, -0.2) is 54.4 Å². The molecule has 0 radical (unpaired) electrons. The Kier molecular flexibility index (Phi) is 8.31. The fourth-order valence-corrected chi connectivity index (χ4v) is 4.51. The second-order valence-electron chi connectivity index (χ2n) is 9.52. The Hall–Kier alpha value is -4.82. The highest BCUT2D eigenvalue weighted by atomic mass is 19.4. The number of aryl methyl sites for hydroxylation is 2. The Morgan fingerprint density at radius 1 is 1.14 bits per heavy atom. The van der Waals surface area contributed by atoms with Crippen LogP contribution in [0.3, 0.4) is 0 Å². The van der Waals surface area contributed by atoms with Crippen molar-refractivity contribution in [1.29, 1.82) is 0 Å². The Morgan fingerprint density at radius 3 is 2.40 bits per heavy atom. The average Bonchev–Trinajstić information content (AvgIpc) is 3.39. The van der Waals surface area contributed by atoms with Gasteiger partial charge in [-0.05, 0) is 43.2 Å². The molecule has 1 aromatic carbocycles. The van der Waals surface area contributed by atoms with Gasteiger partial charge in [0.25, 0.3) is 11.5 Å². The summed E-state index contributed by atoms with van der Waals surface area (Å²) in [5.74, 6) is -5.89. The highest BCUT2D eigenvalue weighted by Gasteiger charge is 2.38. The number of carboxylic acid groups (broad SMARTS) is 1. The number of pyridine rings is 1. The van der Waals surface area contributed by atoms with Crippen LogP contribution in [0, 0.1) is 18.6 Å². The molecule has 0 aliphatic rings. The third kappa shape index (κ3) is 5.94. The molecule has 3 aromatic heterocycles. The number of amides is 1. The molecule has 3 heterocycles. The summed E-state index contributed by atoms with van der Waals surface area (Å²) in [5, 5.41) is 17.8. The van der Waals surface area contributed by atoms with Crippen LogP contribution < -0.4 is 16.2 Å². The SMILES string of the molecule is CCC(Nc1cc(F)c(C(=O)NC(Cc2ccc(-c3c(C)cnn(C)c3=O)c3nccn23)C(=O)O)c(F)c1)C(F)(F)F. The molecule has 0 bridgehead atoms. The molecule has 0 fully saturated rings. The summed E-state index contributed by atoms with van der Waals surface area (Å²) < 4.78 is 71.3. The van der Waals surface area contributed by atoms with E-state index < -0.39 is 59.4 Å². The van der Waals surface area contributed by atoms with Crippen LogP contribution in [0.15, 0.2) is 47.7 Å². The number of hydrogen-bond donors (Lipinski definition) is 3. The number of nitrogens with one attached hydrogen (secondary N) is 2. The number of fused-ring (bicyclic) bond motifs is 1. The predicted octanol–water partition coefficient (Wildman–Crippen LogP) is 3.86. The van der Waals surface area contributed by atoms with E-state index in [1.54, 1.807) is 13.0 Å². The van der Waals surface area contributed by atoms with Gasteiger partial charge in [-0.15, -0.1) is 0 Å². The van der Waals surface area contributed by atoms with Gasteiger partial charge in [0.15, 0.2) is 0 Å². The first-order valence-electron chi connectivity index (χ1n) is 12.6. The Morgan fingerprint density at radius 2 is 1.81 bits per heavy atom. The van der Waals surface area contributed by atoms with Crippen molar-refractivity contribution < 1.29 is 36.6 Å². The van der Waals surface area contributed by atoms with Gasteiger partial charge in [-0.1, -0.05) is 6.92 Å². The summed E-state index contributed by atoms with van der Waals surface area (Å²) in [5.41, 5.74) is -0.0463. The van der Waals surface area contributed by atoms with Gasteiger partial charge in [0, 0.05) is 42.8 Å². The fraction of sp³-hybridized carbons (Fsp3) is 0.296. The molecule has 0 spiro atoms. The normalized spacial score (nSPS) is 13.1. The molecule has 15 heteroatoms. The van der Waals surface area contributed by atoms with Crippen molar-refractivity contribution in [3.8, 4) is 11.1 Å². The summed E-state index contributed by atoms with van der Waals surface area (Å²) in [7, 11) is 1.49. The maximum atomic E-state index is 14.7. The summed E-state index contributed by atoms with van der Waals surface area (Å²) >= 11 is 0. The largest absolute Gasteiger partial charge is 0.480 e. The number of alkyl halides is 3. The van der Waals surface area contributed by atoms with E-state index in [9.17, 15) is 41.4 Å². The number of hydrogen-bond acceptors (Lipinski definition) is 6. The van der Waals surface area contributed by atoms with Crippen molar-refractivity contribution in [3.05, 3.63) is 81.7 Å². The highest BCUT2D eigenvalue weighted by Crippen LogP contribution is 2.28. The maximum Gasteiger partial charge on any atom is 0.408 e. The van der Waals surface area contributed by atoms with Gasteiger partial charge in [-0.25, -0.2) is 23.2 Å². The van der Waals surface area contributed by atoms with Crippen LogP contribution in [0.2, 0.25) is 0 Å². The van der Waals surface area contributed by atoms with E-state index in [1.807, 2.05) is 5.32 Å². The lowest BCUT2D eigenvalue weighted by atomic mass is 10.0. The predicted molar refractivity (Wildman–Crippen MR) is 141 cm³/mol. The molecule has 42 heavy (non-hydrogen) atoms. The summed E-state index contributed by atoms with van der Waals surface area (Å²) in [6, 6.07) is 0.401. The van der Waals surface area contributed by atoms with Crippen LogP contribution in [0.5, 0.6) is 0 Å². The van der Waals surface area contributed by atoms with E-state index in [2.05, 4.69) is 15.4 Å². The first-order valence-corrected chi connectivity index (χ1v) is 12.6. The molecular weight excluding hydrogens is 567 g/mol. The molecule has 4 rings (SSSR count). The van der Waals surface area contributed by atoms with Gasteiger partial charge in [0.1, 0.15) is 34.9 Å². The fourth-order valence-electron chi connectivity index (χ4n) is 4.51. The second kappa shape index (κ2) is 11.6. The van der Waals surface area contributed by atoms with E-state index in [-0.39, 0.29) is 12.0 Å². The van der Waals surface area contributed by atoms with Crippen molar-refractivity contribution in [1.82, 2.24) is 24.5 Å². The number of carboxylic acids is 1. The summed E-state index contributed by atoms with van der Waals surface area (Å²) in [6.45, 7) is 2.94. The second-order valence-corrected chi connectivity index (χ2v) is 9.52. The monoisotopic (exact) mass is 592 g/mol. The molecule has 2 unspecified atom stereocenters. The van der Waals surface area contributed by atoms with Crippen LogP contribution in [0.4, 0.5) is 27.6 Å². The van der Waals surface area contributed by atoms with Crippen molar-refractivity contribution in [3.63, 3.8) is 0 Å². The number of rotatable bonds is 9. The number of aromatic nitrogens is 4. The lowest BCUT2D eigenvalue weighted by Gasteiger charge is -2.22. The molecule has 0 aliphatic carbocycles. The molecule has 2 atom stereocenters. The van der Waals surface area contributed by atoms with E-state index in [4.69, 9.17) is 0 Å². The minimum Gasteiger partial charge on any atom is -0.480 e. The number of imidazole rings is 1. The average molecular weight is 593 g/mol. The zero-order chi connectivity index (χ0) is 30.9. The highest BCUT2D eigenvalue weighted by molar-refractivity contribution is 5.97. The quantitative estimate of drug-likeness (QED) is 0.252. The maximum absolute atomic E-state index is 14.7. The first-order chi connectivity index (χ1) is 19.7. The van der Waals surface area contributed by atoms with Gasteiger partial charge >= 0.3 is 12.1 Å². The molecule has 222 valence electrons. The standard InChI is InChI=1S/C27H25F5N6O4/c1-4-20(27(30,31)32)35-14-9-17(28)22(18(29)10-14)24(39)36-19(26(41)42)11-15-5-6-16(23-33-7-8-38(15)23)21-13(2)12-34-37(3)25(21)40/h5-10,12,19-20,35H,4,11H2,1-3H3,(H,36,39)(H,41,42). The zero-order valence-electron chi connectivity index (χ0n) is 22.5. The Bertz CT molecular complexity index is 1710. The van der Waals surface area contributed by atoms with Crippen LogP contribution >= 0.6 is 0 Å². The summed E-state index contributed by atoms with van der Waals surface area (Å²) in [6.07, 6.45) is -0.990. The Labute approximate surface area is 234 Å². The minimum absolute atomic E-state index is 0.318. The number of halogens is 5. The Balaban J connectivity index is 1.61. The molecule has 0 saturated heterocycles. The van der Waals surface area contributed by atoms with Crippen molar-refractivity contribution in [2.45, 2.75) is 44.9 Å². The van der Waals surface area contributed by atoms with Gasteiger partial charge in [0.2, 0.25) is 0 Å². The number of anilines is 1. The molecule has 10 nitrogen and oxygen atoms in total.